The molecule has 0 saturated heterocycles. The topological polar surface area (TPSA) is 0 Å². The van der Waals surface area contributed by atoms with Gasteiger partial charge in [-0.2, -0.15) is 24.3 Å². The third-order valence-corrected chi connectivity index (χ3v) is 1.12. The molecule has 0 fully saturated rings. The van der Waals surface area contributed by atoms with Gasteiger partial charge in [0.1, 0.15) is 0 Å². The molecule has 0 amide bonds. The molecule has 0 saturated carbocycles. The summed E-state index contributed by atoms with van der Waals surface area (Å²) in [5.41, 5.74) is 1.40. The Kier molecular flexibility index (Phi) is 36.9. The van der Waals surface area contributed by atoms with Gasteiger partial charge in [-0.25, -0.2) is 24.3 Å². The second-order valence-corrected chi connectivity index (χ2v) is 2.05. The molecule has 0 aromatic carbocycles. The van der Waals surface area contributed by atoms with Crippen LogP contribution in [-0.2, 0) is 32.7 Å². The van der Waals surface area contributed by atoms with Crippen molar-refractivity contribution in [1.29, 1.82) is 0 Å². The fourth-order valence-electron chi connectivity index (χ4n) is 0.493. The van der Waals surface area contributed by atoms with Gasteiger partial charge in [-0.05, 0) is 0 Å². The molecule has 0 unspecified atom stereocenters. The minimum Gasteiger partial charge on any atom is -0.233 e. The van der Waals surface area contributed by atoms with E-state index in [0.29, 0.717) is 11.1 Å². The van der Waals surface area contributed by atoms with Gasteiger partial charge in [0.25, 0.3) is 0 Å². The van der Waals surface area contributed by atoms with E-state index in [1.54, 1.807) is 24.3 Å². The van der Waals surface area contributed by atoms with Crippen LogP contribution >= 0.6 is 0 Å². The van der Waals surface area contributed by atoms with Crippen LogP contribution in [0, 0.1) is 12.2 Å². The number of hydrogen-bond donors (Lipinski definition) is 0. The molecule has 0 bridgehead atoms. The molecule has 0 aromatic heterocycles. The fraction of sp³-hybridized carbons (Fsp3) is 0.250. The molecule has 0 atom stereocenters. The molecular weight excluding hydrogens is 281 g/mol. The maximum Gasteiger partial charge on any atom is 0 e. The average Bonchev–Trinajstić information content (AvgIpc) is 2.37. The first-order valence-electron chi connectivity index (χ1n) is 5.52. The fourth-order valence-corrected chi connectivity index (χ4v) is 0.493. The van der Waals surface area contributed by atoms with Gasteiger partial charge in [0, 0.05) is 32.7 Å². The Bertz CT molecular complexity index is 227. The minimum atomic E-state index is 0. The number of hydrogen-bond acceptors (Lipinski definition) is 0. The van der Waals surface area contributed by atoms with E-state index in [-0.39, 0.29) is 32.7 Å². The summed E-state index contributed by atoms with van der Waals surface area (Å²) in [5.74, 6) is 0. The molecule has 0 aliphatic heterocycles. The molecule has 17 heavy (non-hydrogen) atoms. The molecule has 0 N–H and O–H groups in total. The molecule has 1 radical (unpaired) electrons. The van der Waals surface area contributed by atoms with E-state index in [0.717, 1.165) is 0 Å². The monoisotopic (exact) mass is 305 g/mol. The standard InChI is InChI=1S/C12H12.2C2H6.Y/c1-5-7-9-11(3)12(4)10-8-6-2;2*1-2;/h5-8H,1-4H2;2*1-2H3;/q-2;;;. The van der Waals surface area contributed by atoms with Gasteiger partial charge >= 0.3 is 0 Å². The van der Waals surface area contributed by atoms with Crippen molar-refractivity contribution in [1.82, 2.24) is 0 Å². The maximum absolute atomic E-state index is 3.74. The van der Waals surface area contributed by atoms with Crippen molar-refractivity contribution in [3.05, 3.63) is 73.9 Å². The van der Waals surface area contributed by atoms with Crippen LogP contribution in [0.1, 0.15) is 27.7 Å². The summed E-state index contributed by atoms with van der Waals surface area (Å²) in [7, 11) is 0. The van der Waals surface area contributed by atoms with Crippen molar-refractivity contribution >= 4 is 0 Å². The predicted octanol–water partition coefficient (Wildman–Crippen LogP) is 5.24. The summed E-state index contributed by atoms with van der Waals surface area (Å²) in [6.45, 7) is 22.5. The first kappa shape index (κ1) is 25.4. The van der Waals surface area contributed by atoms with Gasteiger partial charge in [0.05, 0.1) is 0 Å². The van der Waals surface area contributed by atoms with Crippen molar-refractivity contribution < 1.29 is 32.7 Å². The Labute approximate surface area is 133 Å². The zero-order valence-electron chi connectivity index (χ0n) is 11.7. The van der Waals surface area contributed by atoms with Crippen LogP contribution in [0.25, 0.3) is 0 Å². The minimum absolute atomic E-state index is 0. The van der Waals surface area contributed by atoms with Crippen LogP contribution < -0.4 is 0 Å². The van der Waals surface area contributed by atoms with Crippen molar-refractivity contribution in [3.63, 3.8) is 0 Å². The normalized spacial score (nSPS) is 8.00. The second-order valence-electron chi connectivity index (χ2n) is 2.05. The average molecular weight is 305 g/mol. The molecule has 0 rings (SSSR count). The Balaban J connectivity index is -0.000000152. The predicted molar refractivity (Wildman–Crippen MR) is 77.0 cm³/mol. The molecule has 0 aliphatic carbocycles. The largest absolute Gasteiger partial charge is 0.233 e. The zero-order valence-corrected chi connectivity index (χ0v) is 14.6. The van der Waals surface area contributed by atoms with Crippen LogP contribution in [-0.4, -0.2) is 0 Å². The summed E-state index contributed by atoms with van der Waals surface area (Å²) in [5, 5.41) is 0. The molecule has 1 heteroatoms. The van der Waals surface area contributed by atoms with Gasteiger partial charge in [-0.3, -0.25) is 0 Å². The Morgan fingerprint density at radius 2 is 1.00 bits per heavy atom. The van der Waals surface area contributed by atoms with Crippen molar-refractivity contribution in [2.75, 3.05) is 0 Å². The van der Waals surface area contributed by atoms with E-state index in [1.807, 2.05) is 27.7 Å². The van der Waals surface area contributed by atoms with E-state index in [9.17, 15) is 0 Å². The molecule has 0 nitrogen and oxygen atoms in total. The van der Waals surface area contributed by atoms with Gasteiger partial charge < -0.3 is 0 Å². The first-order chi connectivity index (χ1) is 7.72. The molecule has 0 heterocycles. The zero-order chi connectivity index (χ0) is 13.4. The molecular formula is C16H24Y-2. The van der Waals surface area contributed by atoms with Gasteiger partial charge in [0.2, 0.25) is 0 Å². The van der Waals surface area contributed by atoms with E-state index in [4.69, 9.17) is 0 Å². The van der Waals surface area contributed by atoms with E-state index in [2.05, 4.69) is 38.5 Å². The SMILES string of the molecule is C=CC=[C-]C(=C)C(=C)[C-]=CC=C.CC.CC.[Y]. The summed E-state index contributed by atoms with van der Waals surface area (Å²) in [6.07, 6.45) is 12.4. The van der Waals surface area contributed by atoms with Crippen LogP contribution in [0.5, 0.6) is 0 Å². The first-order valence-corrected chi connectivity index (χ1v) is 5.52. The summed E-state index contributed by atoms with van der Waals surface area (Å²) >= 11 is 0. The van der Waals surface area contributed by atoms with Crippen LogP contribution in [0.3, 0.4) is 0 Å². The Morgan fingerprint density at radius 1 is 0.765 bits per heavy atom. The van der Waals surface area contributed by atoms with Gasteiger partial charge in [-0.15, -0.1) is 25.3 Å². The quantitative estimate of drug-likeness (QED) is 0.481. The molecule has 0 aliphatic rings. The van der Waals surface area contributed by atoms with E-state index >= 15 is 0 Å². The molecule has 0 aromatic rings. The molecule has 93 valence electrons. The number of rotatable bonds is 5. The maximum atomic E-state index is 3.74. The van der Waals surface area contributed by atoms with Crippen molar-refractivity contribution in [2.45, 2.75) is 27.7 Å². The third-order valence-electron chi connectivity index (χ3n) is 1.12. The van der Waals surface area contributed by atoms with Crippen molar-refractivity contribution in [2.24, 2.45) is 0 Å². The van der Waals surface area contributed by atoms with Crippen molar-refractivity contribution in [3.8, 4) is 0 Å². The van der Waals surface area contributed by atoms with Gasteiger partial charge in [0.15, 0.2) is 0 Å². The smallest absolute Gasteiger partial charge is 0 e. The molecule has 0 spiro atoms. The second kappa shape index (κ2) is 24.7. The van der Waals surface area contributed by atoms with Crippen LogP contribution in [0.15, 0.2) is 61.8 Å². The van der Waals surface area contributed by atoms with Gasteiger partial charge in [-0.1, -0.05) is 27.7 Å². The Morgan fingerprint density at radius 3 is 1.18 bits per heavy atom. The Hall–Kier alpha value is -0.456. The van der Waals surface area contributed by atoms with E-state index < -0.39 is 0 Å². The van der Waals surface area contributed by atoms with Crippen LogP contribution in [0.4, 0.5) is 0 Å². The number of allylic oxidation sites excluding steroid dienone is 8. The van der Waals surface area contributed by atoms with Crippen LogP contribution in [0.2, 0.25) is 0 Å². The summed E-state index contributed by atoms with van der Waals surface area (Å²) in [4.78, 5) is 0. The van der Waals surface area contributed by atoms with E-state index in [1.165, 1.54) is 0 Å². The third kappa shape index (κ3) is 21.4. The summed E-state index contributed by atoms with van der Waals surface area (Å²) in [6, 6.07) is 0. The summed E-state index contributed by atoms with van der Waals surface area (Å²) < 4.78 is 0.